The average molecular weight is 228 g/mol. The number of rotatable bonds is 1. The maximum atomic E-state index is 11.7. The molecule has 2 aromatic heterocycles. The van der Waals surface area contributed by atoms with Crippen molar-refractivity contribution in [1.29, 1.82) is 0 Å². The zero-order valence-electron chi connectivity index (χ0n) is 8.68. The van der Waals surface area contributed by atoms with Gasteiger partial charge in [0.15, 0.2) is 11.4 Å². The number of anilines is 1. The first-order chi connectivity index (χ1) is 8.27. The predicted molar refractivity (Wildman–Crippen MR) is 62.3 cm³/mol. The maximum Gasteiger partial charge on any atom is 0.258 e. The molecular weight excluding hydrogens is 220 g/mol. The first-order valence-corrected chi connectivity index (χ1v) is 4.94. The second kappa shape index (κ2) is 3.44. The molecule has 17 heavy (non-hydrogen) atoms. The number of para-hydroxylation sites is 1. The molecule has 0 amide bonds. The van der Waals surface area contributed by atoms with Crippen LogP contribution in [0.25, 0.3) is 22.1 Å². The van der Waals surface area contributed by atoms with Gasteiger partial charge in [0, 0.05) is 11.8 Å². The van der Waals surface area contributed by atoms with Gasteiger partial charge < -0.3 is 15.2 Å². The summed E-state index contributed by atoms with van der Waals surface area (Å²) in [4.78, 5) is 18.1. The average Bonchev–Trinajstić information content (AvgIpc) is 2.72. The van der Waals surface area contributed by atoms with Crippen LogP contribution in [-0.2, 0) is 0 Å². The Bertz CT molecular complexity index is 744. The minimum absolute atomic E-state index is 0.234. The largest absolute Gasteiger partial charge is 0.380 e. The molecule has 0 aliphatic rings. The van der Waals surface area contributed by atoms with Crippen molar-refractivity contribution in [2.45, 2.75) is 0 Å². The molecule has 3 rings (SSSR count). The van der Waals surface area contributed by atoms with Gasteiger partial charge in [0.25, 0.3) is 5.56 Å². The number of hydrogen-bond donors (Lipinski definition) is 2. The highest BCUT2D eigenvalue weighted by molar-refractivity contribution is 5.97. The van der Waals surface area contributed by atoms with Crippen molar-refractivity contribution in [3.05, 3.63) is 41.1 Å². The zero-order chi connectivity index (χ0) is 11.8. The van der Waals surface area contributed by atoms with E-state index in [0.717, 1.165) is 0 Å². The van der Waals surface area contributed by atoms with Crippen LogP contribution < -0.4 is 11.3 Å². The van der Waals surface area contributed by atoms with Gasteiger partial charge in [-0.25, -0.2) is 4.98 Å². The van der Waals surface area contributed by atoms with Gasteiger partial charge in [-0.15, -0.1) is 0 Å². The Morgan fingerprint density at radius 3 is 3.00 bits per heavy atom. The SMILES string of the molecule is Nc1noc2c(-c3cnc[nH]c3=O)cccc12. The van der Waals surface area contributed by atoms with E-state index < -0.39 is 0 Å². The minimum atomic E-state index is -0.234. The van der Waals surface area contributed by atoms with Crippen LogP contribution >= 0.6 is 0 Å². The fourth-order valence-electron chi connectivity index (χ4n) is 1.73. The topological polar surface area (TPSA) is 97.8 Å². The highest BCUT2D eigenvalue weighted by atomic mass is 16.5. The molecule has 0 fully saturated rings. The molecule has 0 radical (unpaired) electrons. The van der Waals surface area contributed by atoms with Crippen molar-refractivity contribution in [2.24, 2.45) is 0 Å². The Kier molecular flexibility index (Phi) is 1.94. The van der Waals surface area contributed by atoms with Gasteiger partial charge in [0.2, 0.25) is 0 Å². The Balaban J connectivity index is 2.39. The number of H-pyrrole nitrogens is 1. The number of benzene rings is 1. The van der Waals surface area contributed by atoms with E-state index in [-0.39, 0.29) is 5.56 Å². The van der Waals surface area contributed by atoms with E-state index in [1.807, 2.05) is 0 Å². The second-order valence-corrected chi connectivity index (χ2v) is 3.54. The lowest BCUT2D eigenvalue weighted by Gasteiger charge is -1.99. The summed E-state index contributed by atoms with van der Waals surface area (Å²) in [6.07, 6.45) is 2.81. The summed E-state index contributed by atoms with van der Waals surface area (Å²) in [5.74, 6) is 0.308. The molecule has 0 aliphatic carbocycles. The van der Waals surface area contributed by atoms with Gasteiger partial charge in [-0.3, -0.25) is 4.79 Å². The summed E-state index contributed by atoms with van der Waals surface area (Å²) < 4.78 is 5.13. The van der Waals surface area contributed by atoms with E-state index >= 15 is 0 Å². The molecule has 2 heterocycles. The Morgan fingerprint density at radius 2 is 2.18 bits per heavy atom. The lowest BCUT2D eigenvalue weighted by Crippen LogP contribution is -2.08. The molecular formula is C11H8N4O2. The molecule has 0 aliphatic heterocycles. The zero-order valence-corrected chi connectivity index (χ0v) is 8.68. The molecule has 6 nitrogen and oxygen atoms in total. The van der Waals surface area contributed by atoms with Gasteiger partial charge in [0.1, 0.15) is 0 Å². The van der Waals surface area contributed by atoms with Crippen LogP contribution in [0, 0.1) is 0 Å². The molecule has 0 saturated carbocycles. The van der Waals surface area contributed by atoms with E-state index in [9.17, 15) is 4.79 Å². The first-order valence-electron chi connectivity index (χ1n) is 4.94. The van der Waals surface area contributed by atoms with Crippen LogP contribution in [0.4, 0.5) is 5.82 Å². The van der Waals surface area contributed by atoms with Crippen molar-refractivity contribution >= 4 is 16.8 Å². The summed E-state index contributed by atoms with van der Waals surface area (Å²) in [5, 5.41) is 4.37. The second-order valence-electron chi connectivity index (χ2n) is 3.54. The quantitative estimate of drug-likeness (QED) is 0.651. The number of nitrogens with two attached hydrogens (primary N) is 1. The fourth-order valence-corrected chi connectivity index (χ4v) is 1.73. The minimum Gasteiger partial charge on any atom is -0.380 e. The van der Waals surface area contributed by atoms with Crippen LogP contribution in [0.3, 0.4) is 0 Å². The summed E-state index contributed by atoms with van der Waals surface area (Å²) in [6, 6.07) is 5.34. The smallest absolute Gasteiger partial charge is 0.258 e. The Morgan fingerprint density at radius 1 is 1.29 bits per heavy atom. The molecule has 1 aromatic carbocycles. The third-order valence-corrected chi connectivity index (χ3v) is 2.53. The molecule has 0 atom stereocenters. The third-order valence-electron chi connectivity index (χ3n) is 2.53. The monoisotopic (exact) mass is 228 g/mol. The van der Waals surface area contributed by atoms with Gasteiger partial charge in [0.05, 0.1) is 17.3 Å². The maximum absolute atomic E-state index is 11.7. The normalized spacial score (nSPS) is 10.8. The van der Waals surface area contributed by atoms with Crippen LogP contribution in [-0.4, -0.2) is 15.1 Å². The first kappa shape index (κ1) is 9.59. The van der Waals surface area contributed by atoms with Crippen LogP contribution in [0.15, 0.2) is 40.0 Å². The molecule has 0 saturated heterocycles. The number of hydrogen-bond acceptors (Lipinski definition) is 5. The number of fused-ring (bicyclic) bond motifs is 1. The van der Waals surface area contributed by atoms with Gasteiger partial charge >= 0.3 is 0 Å². The van der Waals surface area contributed by atoms with E-state index in [1.165, 1.54) is 12.5 Å². The number of nitrogens with one attached hydrogen (secondary N) is 1. The van der Waals surface area contributed by atoms with E-state index in [1.54, 1.807) is 18.2 Å². The molecule has 0 bridgehead atoms. The highest BCUT2D eigenvalue weighted by Crippen LogP contribution is 2.28. The van der Waals surface area contributed by atoms with E-state index in [2.05, 4.69) is 15.1 Å². The lowest BCUT2D eigenvalue weighted by molar-refractivity contribution is 0.461. The van der Waals surface area contributed by atoms with Gasteiger partial charge in [-0.05, 0) is 6.07 Å². The van der Waals surface area contributed by atoms with Crippen molar-refractivity contribution in [1.82, 2.24) is 15.1 Å². The lowest BCUT2D eigenvalue weighted by atomic mass is 10.1. The van der Waals surface area contributed by atoms with Crippen LogP contribution in [0.2, 0.25) is 0 Å². The molecule has 3 N–H and O–H groups in total. The summed E-state index contributed by atoms with van der Waals surface area (Å²) in [6.45, 7) is 0. The molecule has 84 valence electrons. The van der Waals surface area contributed by atoms with Crippen LogP contribution in [0.5, 0.6) is 0 Å². The molecule has 0 spiro atoms. The van der Waals surface area contributed by atoms with Crippen molar-refractivity contribution < 1.29 is 4.52 Å². The van der Waals surface area contributed by atoms with Gasteiger partial charge in [-0.2, -0.15) is 0 Å². The van der Waals surface area contributed by atoms with E-state index in [4.69, 9.17) is 10.3 Å². The molecule has 3 aromatic rings. The van der Waals surface area contributed by atoms with Crippen molar-refractivity contribution in [3.8, 4) is 11.1 Å². The van der Waals surface area contributed by atoms with Crippen molar-refractivity contribution in [2.75, 3.05) is 5.73 Å². The Labute approximate surface area is 95.1 Å². The van der Waals surface area contributed by atoms with Crippen LogP contribution in [0.1, 0.15) is 0 Å². The molecule has 6 heteroatoms. The third kappa shape index (κ3) is 1.38. The highest BCUT2D eigenvalue weighted by Gasteiger charge is 2.13. The Hall–Kier alpha value is -2.63. The number of aromatic amines is 1. The standard InChI is InChI=1S/C11H8N4O2/c12-10-7-3-1-2-6(9(7)17-15-10)8-4-13-5-14-11(8)16/h1-5H,(H2,12,15)(H,13,14,16). The molecule has 0 unspecified atom stereocenters. The number of nitrogen functional groups attached to an aromatic ring is 1. The predicted octanol–water partition coefficient (Wildman–Crippen LogP) is 1.16. The van der Waals surface area contributed by atoms with Gasteiger partial charge in [-0.1, -0.05) is 17.3 Å². The van der Waals surface area contributed by atoms with Crippen molar-refractivity contribution in [3.63, 3.8) is 0 Å². The summed E-state index contributed by atoms with van der Waals surface area (Å²) in [7, 11) is 0. The number of aromatic nitrogens is 3. The fraction of sp³-hybridized carbons (Fsp3) is 0. The summed E-state index contributed by atoms with van der Waals surface area (Å²) >= 11 is 0. The number of nitrogens with zero attached hydrogens (tertiary/aromatic N) is 2. The summed E-state index contributed by atoms with van der Waals surface area (Å²) in [5.41, 5.74) is 6.96. The van der Waals surface area contributed by atoms with E-state index in [0.29, 0.717) is 27.9 Å².